The van der Waals surface area contributed by atoms with Crippen molar-refractivity contribution in [3.05, 3.63) is 53.8 Å². The van der Waals surface area contributed by atoms with Gasteiger partial charge in [0.1, 0.15) is 18.4 Å². The molecule has 0 spiro atoms. The van der Waals surface area contributed by atoms with Crippen LogP contribution < -0.4 is 10.1 Å². The van der Waals surface area contributed by atoms with Crippen molar-refractivity contribution < 1.29 is 14.3 Å². The maximum Gasteiger partial charge on any atom is 0.338 e. The lowest BCUT2D eigenvalue weighted by molar-refractivity contribution is -0.138. The van der Waals surface area contributed by atoms with Crippen LogP contribution in [0.2, 0.25) is 0 Å². The molecule has 0 saturated carbocycles. The number of thioether (sulfide) groups is 1. The van der Waals surface area contributed by atoms with E-state index in [9.17, 15) is 4.79 Å². The van der Waals surface area contributed by atoms with Gasteiger partial charge < -0.3 is 14.8 Å². The predicted molar refractivity (Wildman–Crippen MR) is 119 cm³/mol. The maximum atomic E-state index is 12.9. The summed E-state index contributed by atoms with van der Waals surface area (Å²) in [6.45, 7) is 10.5. The highest BCUT2D eigenvalue weighted by molar-refractivity contribution is 7.99. The number of nitrogens with one attached hydrogen (secondary N) is 1. The number of unbranched alkanes of at least 4 members (excludes halogenated alkanes) is 1. The van der Waals surface area contributed by atoms with E-state index in [0.717, 1.165) is 29.9 Å². The molecule has 1 aromatic heterocycles. The summed E-state index contributed by atoms with van der Waals surface area (Å²) in [6, 6.07) is 7.33. The van der Waals surface area contributed by atoms with E-state index in [2.05, 4.69) is 35.8 Å². The Morgan fingerprint density at radius 1 is 1.33 bits per heavy atom. The highest BCUT2D eigenvalue weighted by Gasteiger charge is 2.35. The maximum absolute atomic E-state index is 12.9. The van der Waals surface area contributed by atoms with E-state index in [4.69, 9.17) is 9.47 Å². The van der Waals surface area contributed by atoms with E-state index >= 15 is 0 Å². The number of allylic oxidation sites excluding steroid dienone is 1. The van der Waals surface area contributed by atoms with Gasteiger partial charge in [0.2, 0.25) is 11.1 Å². The first kappa shape index (κ1) is 22.0. The first-order valence-corrected chi connectivity index (χ1v) is 11.2. The Bertz CT molecular complexity index is 921. The Morgan fingerprint density at radius 2 is 2.10 bits per heavy atom. The van der Waals surface area contributed by atoms with E-state index in [1.807, 2.05) is 31.2 Å². The zero-order chi connectivity index (χ0) is 21.5. The summed E-state index contributed by atoms with van der Waals surface area (Å²) in [5, 5.41) is 8.50. The van der Waals surface area contributed by atoms with Crippen molar-refractivity contribution in [3.63, 3.8) is 0 Å². The summed E-state index contributed by atoms with van der Waals surface area (Å²) in [5.74, 6) is 1.87. The average molecular weight is 429 g/mol. The smallest absolute Gasteiger partial charge is 0.338 e. The number of nitrogens with zero attached hydrogens (tertiary/aromatic N) is 3. The van der Waals surface area contributed by atoms with Gasteiger partial charge in [-0.1, -0.05) is 56.8 Å². The molecular formula is C22H28N4O3S. The number of ether oxygens (including phenoxy) is 2. The largest absolute Gasteiger partial charge is 0.494 e. The number of hydrogen-bond acceptors (Lipinski definition) is 7. The van der Waals surface area contributed by atoms with Gasteiger partial charge >= 0.3 is 5.97 Å². The van der Waals surface area contributed by atoms with E-state index in [0.29, 0.717) is 29.0 Å². The minimum atomic E-state index is -0.443. The number of fused-ring (bicyclic) bond motifs is 1. The topological polar surface area (TPSA) is 78.3 Å². The van der Waals surface area contributed by atoms with Gasteiger partial charge in [-0.2, -0.15) is 4.98 Å². The number of aromatic nitrogens is 3. The second-order valence-corrected chi connectivity index (χ2v) is 8.05. The molecule has 2 aromatic rings. The molecular weight excluding hydrogens is 400 g/mol. The summed E-state index contributed by atoms with van der Waals surface area (Å²) < 4.78 is 12.9. The number of benzene rings is 1. The number of carbonyl (C=O) groups is 1. The lowest BCUT2D eigenvalue weighted by Crippen LogP contribution is -2.29. The molecule has 30 heavy (non-hydrogen) atoms. The molecule has 7 nitrogen and oxygen atoms in total. The molecule has 1 aliphatic rings. The quantitative estimate of drug-likeness (QED) is 0.257. The standard InChI is InChI=1S/C22H28N4O3S/c1-5-8-14-28-17-11-9-16(10-12-17)19-18(20(27)29-13-6-2)15(4)23-21-24-22(30-7-3)25-26(19)21/h6,9-12,19H,2,5,7-8,13-14H2,1,3-4H3,(H,23,24,25). The number of carbonyl (C=O) groups excluding carboxylic acids is 1. The average Bonchev–Trinajstić information content (AvgIpc) is 3.14. The number of hydrogen-bond donors (Lipinski definition) is 1. The van der Waals surface area contributed by atoms with E-state index in [-0.39, 0.29) is 6.61 Å². The summed E-state index contributed by atoms with van der Waals surface area (Å²) in [4.78, 5) is 17.4. The highest BCUT2D eigenvalue weighted by atomic mass is 32.2. The van der Waals surface area contributed by atoms with Crippen molar-refractivity contribution in [1.82, 2.24) is 14.8 Å². The summed E-state index contributed by atoms with van der Waals surface area (Å²) >= 11 is 1.55. The predicted octanol–water partition coefficient (Wildman–Crippen LogP) is 4.59. The normalized spacial score (nSPS) is 15.4. The SMILES string of the molecule is C=CCOC(=O)C1=C(C)Nc2nc(SCC)nn2C1c1ccc(OCCCC)cc1. The van der Waals surface area contributed by atoms with Crippen LogP contribution in [0.15, 0.2) is 53.3 Å². The van der Waals surface area contributed by atoms with Crippen molar-refractivity contribution in [2.24, 2.45) is 0 Å². The number of esters is 1. The van der Waals surface area contributed by atoms with E-state index in [1.165, 1.54) is 0 Å². The van der Waals surface area contributed by atoms with Gasteiger partial charge in [-0.05, 0) is 36.8 Å². The molecule has 1 aromatic carbocycles. The zero-order valence-electron chi connectivity index (χ0n) is 17.7. The molecule has 8 heteroatoms. The van der Waals surface area contributed by atoms with Gasteiger partial charge in [0, 0.05) is 5.70 Å². The fraction of sp³-hybridized carbons (Fsp3) is 0.409. The monoisotopic (exact) mass is 428 g/mol. The van der Waals surface area contributed by atoms with Crippen molar-refractivity contribution in [3.8, 4) is 5.75 Å². The van der Waals surface area contributed by atoms with Crippen molar-refractivity contribution >= 4 is 23.7 Å². The van der Waals surface area contributed by atoms with E-state index in [1.54, 1.807) is 22.5 Å². The van der Waals surface area contributed by atoms with Crippen molar-refractivity contribution in [2.75, 3.05) is 24.3 Å². The van der Waals surface area contributed by atoms with Gasteiger partial charge in [0.05, 0.1) is 12.2 Å². The summed E-state index contributed by atoms with van der Waals surface area (Å²) in [7, 11) is 0. The molecule has 2 heterocycles. The zero-order valence-corrected chi connectivity index (χ0v) is 18.5. The van der Waals surface area contributed by atoms with Gasteiger partial charge in [0.25, 0.3) is 0 Å². The van der Waals surface area contributed by atoms with Gasteiger partial charge in [-0.3, -0.25) is 0 Å². The molecule has 0 fully saturated rings. The lowest BCUT2D eigenvalue weighted by atomic mass is 9.96. The first-order valence-electron chi connectivity index (χ1n) is 10.2. The minimum absolute atomic E-state index is 0.147. The Balaban J connectivity index is 1.97. The molecule has 1 aliphatic heterocycles. The highest BCUT2D eigenvalue weighted by Crippen LogP contribution is 2.37. The van der Waals surface area contributed by atoms with Crippen LogP contribution in [0.1, 0.15) is 45.2 Å². The van der Waals surface area contributed by atoms with Gasteiger partial charge in [0.15, 0.2) is 0 Å². The summed E-state index contributed by atoms with van der Waals surface area (Å²) in [6.07, 6.45) is 3.65. The number of anilines is 1. The van der Waals surface area contributed by atoms with Crippen LogP contribution in [0.4, 0.5) is 5.95 Å². The molecule has 1 N–H and O–H groups in total. The van der Waals surface area contributed by atoms with Gasteiger partial charge in [-0.25, -0.2) is 9.48 Å². The Hall–Kier alpha value is -2.74. The van der Waals surface area contributed by atoms with E-state index < -0.39 is 12.0 Å². The molecule has 0 radical (unpaired) electrons. The first-order chi connectivity index (χ1) is 14.6. The van der Waals surface area contributed by atoms with Gasteiger partial charge in [-0.15, -0.1) is 5.10 Å². The molecule has 0 bridgehead atoms. The Morgan fingerprint density at radius 3 is 2.77 bits per heavy atom. The molecule has 3 rings (SSSR count). The van der Waals surface area contributed by atoms with Crippen molar-refractivity contribution in [2.45, 2.75) is 44.8 Å². The fourth-order valence-corrected chi connectivity index (χ4v) is 3.74. The molecule has 160 valence electrons. The van der Waals surface area contributed by atoms with Crippen LogP contribution in [0.25, 0.3) is 0 Å². The third-order valence-corrected chi connectivity index (χ3v) is 5.34. The second-order valence-electron chi connectivity index (χ2n) is 6.82. The Labute approximate surface area is 181 Å². The van der Waals surface area contributed by atoms with Crippen LogP contribution in [-0.4, -0.2) is 39.7 Å². The van der Waals surface area contributed by atoms with Crippen LogP contribution in [0.5, 0.6) is 5.75 Å². The third-order valence-electron chi connectivity index (χ3n) is 4.62. The summed E-state index contributed by atoms with van der Waals surface area (Å²) in [5.41, 5.74) is 2.11. The lowest BCUT2D eigenvalue weighted by Gasteiger charge is -2.28. The molecule has 1 atom stereocenters. The third kappa shape index (κ3) is 4.87. The number of rotatable bonds is 10. The Kier molecular flexibility index (Phi) is 7.57. The van der Waals surface area contributed by atoms with Crippen LogP contribution >= 0.6 is 11.8 Å². The molecule has 0 amide bonds. The molecule has 0 saturated heterocycles. The molecule has 1 unspecified atom stereocenters. The fourth-order valence-electron chi connectivity index (χ4n) is 3.19. The van der Waals surface area contributed by atoms with Crippen LogP contribution in [-0.2, 0) is 9.53 Å². The second kappa shape index (κ2) is 10.3. The van der Waals surface area contributed by atoms with Crippen molar-refractivity contribution in [1.29, 1.82) is 0 Å². The molecule has 0 aliphatic carbocycles. The minimum Gasteiger partial charge on any atom is -0.494 e. The van der Waals surface area contributed by atoms with Crippen LogP contribution in [0.3, 0.4) is 0 Å². The van der Waals surface area contributed by atoms with Crippen LogP contribution in [0, 0.1) is 0 Å².